The molecule has 1 aliphatic heterocycles. The van der Waals surface area contributed by atoms with Crippen LogP contribution in [0.2, 0.25) is 5.02 Å². The van der Waals surface area contributed by atoms with Gasteiger partial charge in [-0.05, 0) is 23.8 Å². The van der Waals surface area contributed by atoms with E-state index in [2.05, 4.69) is 22.1 Å². The molecule has 2 aromatic rings. The maximum atomic E-state index is 10.4. The van der Waals surface area contributed by atoms with Crippen molar-refractivity contribution in [2.24, 2.45) is 0 Å². The maximum Gasteiger partial charge on any atom is 0.0862 e. The van der Waals surface area contributed by atoms with Crippen LogP contribution in [-0.4, -0.2) is 50.5 Å². The number of hydrogen-bond acceptors (Lipinski definition) is 4. The smallest absolute Gasteiger partial charge is 0.0862 e. The Hall–Kier alpha value is -1.01. The van der Waals surface area contributed by atoms with Crippen LogP contribution in [0.5, 0.6) is 0 Å². The molecule has 1 saturated heterocycles. The summed E-state index contributed by atoms with van der Waals surface area (Å²) in [5.74, 6) is 2.16. The predicted octanol–water partition coefficient (Wildman–Crippen LogP) is 2.69. The molecule has 0 spiro atoms. The monoisotopic (exact) mass is 337 g/mol. The van der Waals surface area contributed by atoms with Crippen molar-refractivity contribution in [3.05, 3.63) is 53.3 Å². The minimum Gasteiger partial charge on any atom is -0.390 e. The standard InChI is InChI=1S/C16H20ClN3OS/c17-14-4-2-13(3-5-14)16-12-22-9-8-19(16)10-15(21)11-20-7-1-6-18-20/h1-7,15-16,21H,8-12H2/t15-,16-/m0/s1. The third-order valence-electron chi connectivity index (χ3n) is 3.90. The number of β-amino-alcohol motifs (C(OH)–C–C–N with tert-alkyl or cyclic N) is 1. The fourth-order valence-electron chi connectivity index (χ4n) is 2.80. The van der Waals surface area contributed by atoms with Crippen LogP contribution >= 0.6 is 23.4 Å². The number of hydrogen-bond donors (Lipinski definition) is 1. The van der Waals surface area contributed by atoms with E-state index in [9.17, 15) is 5.11 Å². The van der Waals surface area contributed by atoms with Crippen molar-refractivity contribution in [1.82, 2.24) is 14.7 Å². The fraction of sp³-hybridized carbons (Fsp3) is 0.438. The van der Waals surface area contributed by atoms with Gasteiger partial charge in [-0.15, -0.1) is 0 Å². The van der Waals surface area contributed by atoms with Crippen molar-refractivity contribution in [3.8, 4) is 0 Å². The number of nitrogens with zero attached hydrogens (tertiary/aromatic N) is 3. The van der Waals surface area contributed by atoms with Gasteiger partial charge in [-0.25, -0.2) is 0 Å². The summed E-state index contributed by atoms with van der Waals surface area (Å²) >= 11 is 7.95. The van der Waals surface area contributed by atoms with E-state index in [1.165, 1.54) is 5.56 Å². The first-order chi connectivity index (χ1) is 10.7. The van der Waals surface area contributed by atoms with Crippen LogP contribution in [0.3, 0.4) is 0 Å². The molecular weight excluding hydrogens is 318 g/mol. The molecule has 0 unspecified atom stereocenters. The second kappa shape index (κ2) is 7.51. The summed E-state index contributed by atoms with van der Waals surface area (Å²) in [5, 5.41) is 15.3. The zero-order valence-electron chi connectivity index (χ0n) is 12.3. The SMILES string of the molecule is O[C@@H](CN1CCSC[C@H]1c1ccc(Cl)cc1)Cn1cccn1. The lowest BCUT2D eigenvalue weighted by Crippen LogP contribution is -2.42. The van der Waals surface area contributed by atoms with Gasteiger partial charge in [0.25, 0.3) is 0 Å². The Kier molecular flexibility index (Phi) is 5.41. The largest absolute Gasteiger partial charge is 0.390 e. The van der Waals surface area contributed by atoms with Crippen molar-refractivity contribution in [2.45, 2.75) is 18.7 Å². The van der Waals surface area contributed by atoms with Crippen LogP contribution in [0.15, 0.2) is 42.7 Å². The molecule has 2 atom stereocenters. The lowest BCUT2D eigenvalue weighted by Gasteiger charge is -2.36. The normalized spacial score (nSPS) is 20.9. The second-order valence-corrected chi connectivity index (χ2v) is 7.11. The highest BCUT2D eigenvalue weighted by Gasteiger charge is 2.26. The van der Waals surface area contributed by atoms with E-state index in [0.717, 1.165) is 23.1 Å². The van der Waals surface area contributed by atoms with Gasteiger partial charge in [0.15, 0.2) is 0 Å². The van der Waals surface area contributed by atoms with Crippen LogP contribution in [0.4, 0.5) is 0 Å². The molecule has 1 aliphatic rings. The van der Waals surface area contributed by atoms with Crippen LogP contribution < -0.4 is 0 Å². The van der Waals surface area contributed by atoms with Crippen LogP contribution in [-0.2, 0) is 6.54 Å². The predicted molar refractivity (Wildman–Crippen MR) is 91.3 cm³/mol. The highest BCUT2D eigenvalue weighted by atomic mass is 35.5. The molecule has 6 heteroatoms. The van der Waals surface area contributed by atoms with E-state index in [1.807, 2.05) is 36.2 Å². The lowest BCUT2D eigenvalue weighted by atomic mass is 10.1. The van der Waals surface area contributed by atoms with Gasteiger partial charge in [0.05, 0.1) is 12.6 Å². The van der Waals surface area contributed by atoms with Gasteiger partial charge in [-0.3, -0.25) is 9.58 Å². The Bertz CT molecular complexity index is 576. The molecule has 3 rings (SSSR count). The number of aliphatic hydroxyl groups excluding tert-OH is 1. The molecule has 0 radical (unpaired) electrons. The van der Waals surface area contributed by atoms with Gasteiger partial charge in [0.2, 0.25) is 0 Å². The van der Waals surface area contributed by atoms with Crippen molar-refractivity contribution in [1.29, 1.82) is 0 Å². The molecule has 0 amide bonds. The van der Waals surface area contributed by atoms with Gasteiger partial charge in [0.1, 0.15) is 0 Å². The average Bonchev–Trinajstić information content (AvgIpc) is 3.01. The van der Waals surface area contributed by atoms with E-state index in [-0.39, 0.29) is 0 Å². The molecule has 22 heavy (non-hydrogen) atoms. The second-order valence-electron chi connectivity index (χ2n) is 5.52. The van der Waals surface area contributed by atoms with Crippen LogP contribution in [0.1, 0.15) is 11.6 Å². The number of halogens is 1. The van der Waals surface area contributed by atoms with Crippen LogP contribution in [0, 0.1) is 0 Å². The number of aromatic nitrogens is 2. The number of aliphatic hydroxyl groups is 1. The Morgan fingerprint density at radius 2 is 2.14 bits per heavy atom. The Morgan fingerprint density at radius 3 is 2.86 bits per heavy atom. The van der Waals surface area contributed by atoms with E-state index < -0.39 is 6.10 Å². The summed E-state index contributed by atoms with van der Waals surface area (Å²) in [6, 6.07) is 10.3. The number of thioether (sulfide) groups is 1. The zero-order valence-corrected chi connectivity index (χ0v) is 13.9. The van der Waals surface area contributed by atoms with E-state index in [0.29, 0.717) is 19.1 Å². The highest BCUT2D eigenvalue weighted by molar-refractivity contribution is 7.99. The summed E-state index contributed by atoms with van der Waals surface area (Å²) in [4.78, 5) is 2.37. The summed E-state index contributed by atoms with van der Waals surface area (Å²) < 4.78 is 1.78. The average molecular weight is 338 g/mol. The van der Waals surface area contributed by atoms with Gasteiger partial charge in [-0.2, -0.15) is 16.9 Å². The Labute approximate surface area is 140 Å². The van der Waals surface area contributed by atoms with Crippen LogP contribution in [0.25, 0.3) is 0 Å². The van der Waals surface area contributed by atoms with E-state index >= 15 is 0 Å². The Balaban J connectivity index is 1.65. The van der Waals surface area contributed by atoms with E-state index in [4.69, 9.17) is 11.6 Å². The molecule has 1 N–H and O–H groups in total. The minimum atomic E-state index is -0.419. The molecular formula is C16H20ClN3OS. The minimum absolute atomic E-state index is 0.336. The third-order valence-corrected chi connectivity index (χ3v) is 5.17. The van der Waals surface area contributed by atoms with Gasteiger partial charge in [-0.1, -0.05) is 23.7 Å². The number of benzene rings is 1. The zero-order chi connectivity index (χ0) is 15.4. The summed E-state index contributed by atoms with van der Waals surface area (Å²) in [6.07, 6.45) is 3.20. The third kappa shape index (κ3) is 4.04. The Morgan fingerprint density at radius 1 is 1.32 bits per heavy atom. The first-order valence-corrected chi connectivity index (χ1v) is 8.98. The van der Waals surface area contributed by atoms with Crippen molar-refractivity contribution < 1.29 is 5.11 Å². The molecule has 1 fully saturated rings. The molecule has 0 saturated carbocycles. The number of rotatable bonds is 5. The van der Waals surface area contributed by atoms with Gasteiger partial charge < -0.3 is 5.11 Å². The molecule has 0 bridgehead atoms. The molecule has 1 aromatic carbocycles. The molecule has 118 valence electrons. The molecule has 1 aromatic heterocycles. The summed E-state index contributed by atoms with van der Waals surface area (Å²) in [6.45, 7) is 2.19. The lowest BCUT2D eigenvalue weighted by molar-refractivity contribution is 0.0793. The molecule has 0 aliphatic carbocycles. The van der Waals surface area contributed by atoms with Crippen molar-refractivity contribution in [2.75, 3.05) is 24.6 Å². The summed E-state index contributed by atoms with van der Waals surface area (Å²) in [5.41, 5.74) is 1.27. The highest BCUT2D eigenvalue weighted by Crippen LogP contribution is 2.30. The quantitative estimate of drug-likeness (QED) is 0.910. The van der Waals surface area contributed by atoms with Crippen molar-refractivity contribution in [3.63, 3.8) is 0 Å². The first kappa shape index (κ1) is 15.9. The van der Waals surface area contributed by atoms with Gasteiger partial charge >= 0.3 is 0 Å². The van der Waals surface area contributed by atoms with Gasteiger partial charge in [0, 0.05) is 48.1 Å². The topological polar surface area (TPSA) is 41.3 Å². The summed E-state index contributed by atoms with van der Waals surface area (Å²) in [7, 11) is 0. The molecule has 2 heterocycles. The molecule has 4 nitrogen and oxygen atoms in total. The maximum absolute atomic E-state index is 10.4. The fourth-order valence-corrected chi connectivity index (χ4v) is 4.08. The first-order valence-electron chi connectivity index (χ1n) is 7.45. The van der Waals surface area contributed by atoms with E-state index in [1.54, 1.807) is 10.9 Å². The van der Waals surface area contributed by atoms with Crippen molar-refractivity contribution >= 4 is 23.4 Å².